The number of fused-ring (bicyclic) bond motifs is 2. The van der Waals surface area contributed by atoms with Crippen LogP contribution in [0.3, 0.4) is 0 Å². The largest absolute Gasteiger partial charge is 0.481 e. The van der Waals surface area contributed by atoms with E-state index in [2.05, 4.69) is 28.6 Å². The zero-order chi connectivity index (χ0) is 14.3. The SMILES string of the molecule is CC(C)c1nnc(SCC(=O)O)n1C1CC2CCC1O2. The molecule has 2 saturated heterocycles. The summed E-state index contributed by atoms with van der Waals surface area (Å²) < 4.78 is 8.05. The highest BCUT2D eigenvalue weighted by atomic mass is 32.2. The van der Waals surface area contributed by atoms with Crippen LogP contribution in [-0.4, -0.2) is 43.8 Å². The Morgan fingerprint density at radius 2 is 2.30 bits per heavy atom. The molecule has 110 valence electrons. The molecule has 3 unspecified atom stereocenters. The van der Waals surface area contributed by atoms with Crippen LogP contribution < -0.4 is 0 Å². The van der Waals surface area contributed by atoms with Crippen LogP contribution in [0.25, 0.3) is 0 Å². The maximum Gasteiger partial charge on any atom is 0.313 e. The fourth-order valence-corrected chi connectivity index (χ4v) is 3.82. The highest BCUT2D eigenvalue weighted by Crippen LogP contribution is 2.44. The van der Waals surface area contributed by atoms with Gasteiger partial charge in [0.25, 0.3) is 0 Å². The van der Waals surface area contributed by atoms with E-state index in [1.165, 1.54) is 11.8 Å². The highest BCUT2D eigenvalue weighted by molar-refractivity contribution is 7.99. The summed E-state index contributed by atoms with van der Waals surface area (Å²) in [5, 5.41) is 18.0. The number of thioether (sulfide) groups is 1. The number of carboxylic acids is 1. The van der Waals surface area contributed by atoms with Gasteiger partial charge in [0.2, 0.25) is 0 Å². The summed E-state index contributed by atoms with van der Waals surface area (Å²) in [4.78, 5) is 10.8. The molecule has 0 aliphatic carbocycles. The molecule has 0 amide bonds. The lowest BCUT2D eigenvalue weighted by molar-refractivity contribution is -0.133. The van der Waals surface area contributed by atoms with E-state index in [4.69, 9.17) is 9.84 Å². The third-order valence-electron chi connectivity index (χ3n) is 3.94. The third-order valence-corrected chi connectivity index (χ3v) is 4.87. The molecule has 2 aliphatic heterocycles. The van der Waals surface area contributed by atoms with Crippen LogP contribution in [0.5, 0.6) is 0 Å². The normalized spacial score (nSPS) is 28.4. The number of hydrogen-bond acceptors (Lipinski definition) is 5. The Morgan fingerprint density at radius 3 is 2.85 bits per heavy atom. The van der Waals surface area contributed by atoms with Crippen molar-refractivity contribution in [2.24, 2.45) is 0 Å². The Morgan fingerprint density at radius 1 is 1.50 bits per heavy atom. The van der Waals surface area contributed by atoms with Gasteiger partial charge >= 0.3 is 5.97 Å². The van der Waals surface area contributed by atoms with E-state index in [1.807, 2.05) is 0 Å². The Labute approximate surface area is 121 Å². The Kier molecular flexibility index (Phi) is 3.72. The molecule has 1 aromatic rings. The molecule has 3 heterocycles. The quantitative estimate of drug-likeness (QED) is 0.838. The predicted molar refractivity (Wildman–Crippen MR) is 74.0 cm³/mol. The van der Waals surface area contributed by atoms with Crippen LogP contribution in [0.1, 0.15) is 50.9 Å². The van der Waals surface area contributed by atoms with Crippen molar-refractivity contribution in [2.45, 2.75) is 62.4 Å². The molecule has 1 N–H and O–H groups in total. The molecule has 3 atom stereocenters. The lowest BCUT2D eigenvalue weighted by Gasteiger charge is -2.24. The van der Waals surface area contributed by atoms with Gasteiger partial charge in [-0.25, -0.2) is 0 Å². The molecule has 1 aromatic heterocycles. The summed E-state index contributed by atoms with van der Waals surface area (Å²) in [6.07, 6.45) is 3.79. The van der Waals surface area contributed by atoms with Crippen LogP contribution in [0.2, 0.25) is 0 Å². The molecule has 0 spiro atoms. The van der Waals surface area contributed by atoms with Gasteiger partial charge in [-0.15, -0.1) is 10.2 Å². The van der Waals surface area contributed by atoms with E-state index in [-0.39, 0.29) is 23.8 Å². The first-order valence-corrected chi connectivity index (χ1v) is 7.99. The number of ether oxygens (including phenoxy) is 1. The summed E-state index contributed by atoms with van der Waals surface area (Å²) in [6.45, 7) is 4.17. The fourth-order valence-electron chi connectivity index (χ4n) is 3.10. The van der Waals surface area contributed by atoms with Crippen molar-refractivity contribution in [1.29, 1.82) is 0 Å². The topological polar surface area (TPSA) is 77.2 Å². The van der Waals surface area contributed by atoms with Gasteiger partial charge in [0.05, 0.1) is 24.0 Å². The lowest BCUT2D eigenvalue weighted by atomic mass is 9.95. The van der Waals surface area contributed by atoms with Crippen molar-refractivity contribution in [3.8, 4) is 0 Å². The Hall–Kier alpha value is -1.08. The van der Waals surface area contributed by atoms with Gasteiger partial charge < -0.3 is 9.84 Å². The third kappa shape index (κ3) is 2.44. The number of carbonyl (C=O) groups is 1. The second kappa shape index (κ2) is 5.37. The van der Waals surface area contributed by atoms with Crippen molar-refractivity contribution in [3.63, 3.8) is 0 Å². The molecule has 2 bridgehead atoms. The van der Waals surface area contributed by atoms with Crippen LogP contribution in [0.15, 0.2) is 5.16 Å². The smallest absolute Gasteiger partial charge is 0.313 e. The van der Waals surface area contributed by atoms with Crippen LogP contribution in [0, 0.1) is 0 Å². The van der Waals surface area contributed by atoms with Crippen LogP contribution >= 0.6 is 11.8 Å². The second-order valence-corrected chi connectivity index (χ2v) is 6.67. The van der Waals surface area contributed by atoms with Gasteiger partial charge in [-0.1, -0.05) is 25.6 Å². The molecular weight excluding hydrogens is 278 g/mol. The zero-order valence-electron chi connectivity index (χ0n) is 11.7. The zero-order valence-corrected chi connectivity index (χ0v) is 12.5. The van der Waals surface area contributed by atoms with E-state index in [0.29, 0.717) is 11.3 Å². The van der Waals surface area contributed by atoms with E-state index in [1.54, 1.807) is 0 Å². The number of hydrogen-bond donors (Lipinski definition) is 1. The molecule has 2 aliphatic rings. The number of aliphatic carboxylic acids is 1. The van der Waals surface area contributed by atoms with Gasteiger partial charge in [-0.3, -0.25) is 9.36 Å². The number of rotatable bonds is 5. The van der Waals surface area contributed by atoms with Crippen LogP contribution in [-0.2, 0) is 9.53 Å². The first-order chi connectivity index (χ1) is 9.56. The van der Waals surface area contributed by atoms with Crippen molar-refractivity contribution in [3.05, 3.63) is 5.82 Å². The number of nitrogens with zero attached hydrogens (tertiary/aromatic N) is 3. The van der Waals surface area contributed by atoms with Gasteiger partial charge in [0, 0.05) is 5.92 Å². The van der Waals surface area contributed by atoms with Gasteiger partial charge in [-0.2, -0.15) is 0 Å². The second-order valence-electron chi connectivity index (χ2n) is 5.72. The maximum atomic E-state index is 10.8. The van der Waals surface area contributed by atoms with Gasteiger partial charge in [-0.05, 0) is 19.3 Å². The number of carboxylic acid groups (broad SMARTS) is 1. The van der Waals surface area contributed by atoms with Crippen molar-refractivity contribution in [2.75, 3.05) is 5.75 Å². The average molecular weight is 297 g/mol. The van der Waals surface area contributed by atoms with E-state index >= 15 is 0 Å². The van der Waals surface area contributed by atoms with E-state index < -0.39 is 5.97 Å². The van der Waals surface area contributed by atoms with Gasteiger partial charge in [0.15, 0.2) is 5.16 Å². The molecule has 0 saturated carbocycles. The average Bonchev–Trinajstić information content (AvgIpc) is 3.09. The molecular formula is C13H19N3O3S. The maximum absolute atomic E-state index is 10.8. The lowest BCUT2D eigenvalue weighted by Crippen LogP contribution is -2.24. The van der Waals surface area contributed by atoms with Crippen molar-refractivity contribution < 1.29 is 14.6 Å². The monoisotopic (exact) mass is 297 g/mol. The Balaban J connectivity index is 1.89. The van der Waals surface area contributed by atoms with E-state index in [9.17, 15) is 4.79 Å². The minimum absolute atomic E-state index is 0.0118. The standard InChI is InChI=1S/C13H19N3O3S/c1-7(2)12-14-15-13(20-6-11(17)18)16(12)9-5-8-3-4-10(9)19-8/h7-10H,3-6H2,1-2H3,(H,17,18). The van der Waals surface area contributed by atoms with Crippen molar-refractivity contribution >= 4 is 17.7 Å². The summed E-state index contributed by atoms with van der Waals surface area (Å²) in [6, 6.07) is 0.262. The molecule has 2 fully saturated rings. The predicted octanol–water partition coefficient (Wildman–Crippen LogP) is 2.07. The van der Waals surface area contributed by atoms with Gasteiger partial charge in [0.1, 0.15) is 5.82 Å². The molecule has 3 rings (SSSR count). The summed E-state index contributed by atoms with van der Waals surface area (Å²) in [5.74, 6) is 0.373. The van der Waals surface area contributed by atoms with E-state index in [0.717, 1.165) is 25.1 Å². The fraction of sp³-hybridized carbons (Fsp3) is 0.769. The molecule has 7 heteroatoms. The number of aromatic nitrogens is 3. The minimum atomic E-state index is -0.833. The molecule has 0 aromatic carbocycles. The minimum Gasteiger partial charge on any atom is -0.481 e. The first-order valence-electron chi connectivity index (χ1n) is 7.01. The van der Waals surface area contributed by atoms with Crippen molar-refractivity contribution in [1.82, 2.24) is 14.8 Å². The summed E-state index contributed by atoms with van der Waals surface area (Å²) in [5.41, 5.74) is 0. The summed E-state index contributed by atoms with van der Waals surface area (Å²) >= 11 is 1.24. The molecule has 20 heavy (non-hydrogen) atoms. The Bertz CT molecular complexity index is 517. The highest BCUT2D eigenvalue weighted by Gasteiger charge is 2.43. The first kappa shape index (κ1) is 13.9. The molecule has 0 radical (unpaired) electrons. The van der Waals surface area contributed by atoms with Crippen LogP contribution in [0.4, 0.5) is 0 Å². The summed E-state index contributed by atoms with van der Waals surface area (Å²) in [7, 11) is 0. The molecule has 6 nitrogen and oxygen atoms in total.